The van der Waals surface area contributed by atoms with Crippen molar-refractivity contribution in [3.05, 3.63) is 0 Å². The van der Waals surface area contributed by atoms with Crippen LogP contribution in [0.4, 0.5) is 0 Å². The van der Waals surface area contributed by atoms with E-state index in [1.807, 2.05) is 0 Å². The monoisotopic (exact) mass is 254 g/mol. The van der Waals surface area contributed by atoms with Crippen LogP contribution in [0.15, 0.2) is 0 Å². The minimum absolute atomic E-state index is 0.354. The Morgan fingerprint density at radius 2 is 1.67 bits per heavy atom. The summed E-state index contributed by atoms with van der Waals surface area (Å²) in [6.45, 7) is 7.73. The highest BCUT2D eigenvalue weighted by atomic mass is 16.5. The Balaban J connectivity index is 2.05. The van der Waals surface area contributed by atoms with Crippen molar-refractivity contribution < 1.29 is 9.47 Å². The van der Waals surface area contributed by atoms with Gasteiger partial charge < -0.3 is 14.4 Å². The standard InChI is InChI=1S/C14H26N2O2/c1-13(2)4-6-14(17-3,7-5-13)12(15)16-8-10-18-11-9-16/h15H,4-11H2,1-3H3. The second-order valence-corrected chi connectivity index (χ2v) is 6.31. The second kappa shape index (κ2) is 5.17. The highest BCUT2D eigenvalue weighted by Gasteiger charge is 2.43. The lowest BCUT2D eigenvalue weighted by Crippen LogP contribution is -2.55. The fraction of sp³-hybridized carbons (Fsp3) is 0.929. The topological polar surface area (TPSA) is 45.5 Å². The molecule has 18 heavy (non-hydrogen) atoms. The van der Waals surface area contributed by atoms with E-state index in [1.165, 1.54) is 0 Å². The molecule has 0 aromatic rings. The number of ether oxygens (including phenoxy) is 2. The first kappa shape index (κ1) is 13.8. The van der Waals surface area contributed by atoms with Gasteiger partial charge in [0.2, 0.25) is 0 Å². The van der Waals surface area contributed by atoms with E-state index >= 15 is 0 Å². The maximum Gasteiger partial charge on any atom is 0.129 e. The minimum atomic E-state index is -0.354. The molecule has 1 saturated carbocycles. The normalized spacial score (nSPS) is 26.9. The molecule has 0 atom stereocenters. The van der Waals surface area contributed by atoms with Crippen LogP contribution < -0.4 is 0 Å². The summed E-state index contributed by atoms with van der Waals surface area (Å²) >= 11 is 0. The van der Waals surface area contributed by atoms with Crippen molar-refractivity contribution in [2.45, 2.75) is 45.1 Å². The molecule has 0 unspecified atom stereocenters. The van der Waals surface area contributed by atoms with E-state index in [9.17, 15) is 0 Å². The Bertz CT molecular complexity index is 299. The van der Waals surface area contributed by atoms with Gasteiger partial charge in [-0.05, 0) is 31.1 Å². The third kappa shape index (κ3) is 2.69. The van der Waals surface area contributed by atoms with Crippen LogP contribution in [-0.2, 0) is 9.47 Å². The van der Waals surface area contributed by atoms with Gasteiger partial charge in [-0.3, -0.25) is 5.41 Å². The Kier molecular flexibility index (Phi) is 3.97. The third-order valence-corrected chi connectivity index (χ3v) is 4.56. The van der Waals surface area contributed by atoms with Gasteiger partial charge in [-0.15, -0.1) is 0 Å². The van der Waals surface area contributed by atoms with Gasteiger partial charge in [-0.2, -0.15) is 0 Å². The molecular weight excluding hydrogens is 228 g/mol. The van der Waals surface area contributed by atoms with Crippen molar-refractivity contribution in [3.63, 3.8) is 0 Å². The molecule has 0 amide bonds. The summed E-state index contributed by atoms with van der Waals surface area (Å²) in [6, 6.07) is 0. The number of rotatable bonds is 2. The molecule has 2 aliphatic rings. The van der Waals surface area contributed by atoms with Gasteiger partial charge in [0.25, 0.3) is 0 Å². The summed E-state index contributed by atoms with van der Waals surface area (Å²) in [5.74, 6) is 0.670. The van der Waals surface area contributed by atoms with Crippen LogP contribution in [0.5, 0.6) is 0 Å². The van der Waals surface area contributed by atoms with Gasteiger partial charge in [0, 0.05) is 20.2 Å². The van der Waals surface area contributed by atoms with E-state index in [4.69, 9.17) is 14.9 Å². The summed E-state index contributed by atoms with van der Waals surface area (Å²) in [5, 5.41) is 8.50. The van der Waals surface area contributed by atoms with Gasteiger partial charge in [-0.1, -0.05) is 13.8 Å². The quantitative estimate of drug-likeness (QED) is 0.607. The van der Waals surface area contributed by atoms with Crippen LogP contribution in [0.2, 0.25) is 0 Å². The first-order valence-corrected chi connectivity index (χ1v) is 6.96. The smallest absolute Gasteiger partial charge is 0.129 e. The Morgan fingerprint density at radius 3 is 2.17 bits per heavy atom. The Hall–Kier alpha value is -0.610. The van der Waals surface area contributed by atoms with E-state index < -0.39 is 0 Å². The van der Waals surface area contributed by atoms with E-state index in [2.05, 4.69) is 18.7 Å². The number of methoxy groups -OCH3 is 1. The Morgan fingerprint density at radius 1 is 1.11 bits per heavy atom. The molecule has 2 fully saturated rings. The van der Waals surface area contributed by atoms with Crippen LogP contribution >= 0.6 is 0 Å². The van der Waals surface area contributed by atoms with Crippen molar-refractivity contribution >= 4 is 5.84 Å². The second-order valence-electron chi connectivity index (χ2n) is 6.31. The molecule has 1 N–H and O–H groups in total. The highest BCUT2D eigenvalue weighted by molar-refractivity contribution is 5.88. The molecule has 1 heterocycles. The van der Waals surface area contributed by atoms with Crippen molar-refractivity contribution in [3.8, 4) is 0 Å². The van der Waals surface area contributed by atoms with Gasteiger partial charge in [-0.25, -0.2) is 0 Å². The predicted octanol–water partition coefficient (Wildman–Crippen LogP) is 2.28. The van der Waals surface area contributed by atoms with Crippen LogP contribution in [0, 0.1) is 10.8 Å². The van der Waals surface area contributed by atoms with E-state index in [0.29, 0.717) is 11.3 Å². The lowest BCUT2D eigenvalue weighted by atomic mass is 9.70. The lowest BCUT2D eigenvalue weighted by Gasteiger charge is -2.46. The highest BCUT2D eigenvalue weighted by Crippen LogP contribution is 2.42. The zero-order valence-corrected chi connectivity index (χ0v) is 11.9. The van der Waals surface area contributed by atoms with Gasteiger partial charge in [0.1, 0.15) is 11.4 Å². The van der Waals surface area contributed by atoms with E-state index in [0.717, 1.165) is 52.0 Å². The first-order chi connectivity index (χ1) is 8.49. The zero-order valence-electron chi connectivity index (χ0n) is 11.9. The van der Waals surface area contributed by atoms with Crippen molar-refractivity contribution in [1.82, 2.24) is 4.90 Å². The Labute approximate surface area is 110 Å². The molecule has 4 heteroatoms. The average Bonchev–Trinajstić information content (AvgIpc) is 2.40. The van der Waals surface area contributed by atoms with Crippen LogP contribution in [0.25, 0.3) is 0 Å². The number of amidine groups is 1. The summed E-state index contributed by atoms with van der Waals surface area (Å²) in [6.07, 6.45) is 4.19. The number of hydrogen-bond donors (Lipinski definition) is 1. The van der Waals surface area contributed by atoms with Gasteiger partial charge in [0.15, 0.2) is 0 Å². The summed E-state index contributed by atoms with van der Waals surface area (Å²) in [5.41, 5.74) is 0.0418. The van der Waals surface area contributed by atoms with Gasteiger partial charge >= 0.3 is 0 Å². The molecule has 0 bridgehead atoms. The largest absolute Gasteiger partial charge is 0.378 e. The van der Waals surface area contributed by atoms with Crippen molar-refractivity contribution in [2.75, 3.05) is 33.4 Å². The molecule has 2 rings (SSSR count). The first-order valence-electron chi connectivity index (χ1n) is 6.96. The number of hydrogen-bond acceptors (Lipinski definition) is 3. The molecule has 0 spiro atoms. The lowest BCUT2D eigenvalue weighted by molar-refractivity contribution is -0.0241. The fourth-order valence-corrected chi connectivity index (χ4v) is 2.94. The molecule has 1 aliphatic carbocycles. The molecular formula is C14H26N2O2. The van der Waals surface area contributed by atoms with E-state index in [-0.39, 0.29) is 5.60 Å². The molecule has 0 aromatic heterocycles. The predicted molar refractivity (Wildman–Crippen MR) is 72.1 cm³/mol. The number of nitrogens with zero attached hydrogens (tertiary/aromatic N) is 1. The van der Waals surface area contributed by atoms with Crippen LogP contribution in [0.1, 0.15) is 39.5 Å². The number of nitrogens with one attached hydrogen (secondary N) is 1. The van der Waals surface area contributed by atoms with Crippen LogP contribution in [0.3, 0.4) is 0 Å². The molecule has 1 saturated heterocycles. The summed E-state index contributed by atoms with van der Waals surface area (Å²) in [4.78, 5) is 2.13. The van der Waals surface area contributed by atoms with Gasteiger partial charge in [0.05, 0.1) is 13.2 Å². The third-order valence-electron chi connectivity index (χ3n) is 4.56. The molecule has 104 valence electrons. The van der Waals surface area contributed by atoms with Crippen molar-refractivity contribution in [2.24, 2.45) is 5.41 Å². The summed E-state index contributed by atoms with van der Waals surface area (Å²) < 4.78 is 11.1. The summed E-state index contributed by atoms with van der Waals surface area (Å²) in [7, 11) is 1.76. The maximum atomic E-state index is 8.50. The molecule has 4 nitrogen and oxygen atoms in total. The molecule has 0 radical (unpaired) electrons. The zero-order chi connectivity index (χ0) is 13.2. The van der Waals surface area contributed by atoms with E-state index in [1.54, 1.807) is 7.11 Å². The van der Waals surface area contributed by atoms with Crippen molar-refractivity contribution in [1.29, 1.82) is 5.41 Å². The molecule has 0 aromatic carbocycles. The SMILES string of the molecule is COC1(C(=N)N2CCOCC2)CCC(C)(C)CC1. The average molecular weight is 254 g/mol. The fourth-order valence-electron chi connectivity index (χ4n) is 2.94. The maximum absolute atomic E-state index is 8.50. The minimum Gasteiger partial charge on any atom is -0.378 e. The number of morpholine rings is 1. The molecule has 1 aliphatic heterocycles. The van der Waals surface area contributed by atoms with Crippen LogP contribution in [-0.4, -0.2) is 49.7 Å².